The van der Waals surface area contributed by atoms with Gasteiger partial charge in [-0.25, -0.2) is 9.82 Å². The van der Waals surface area contributed by atoms with E-state index in [0.717, 1.165) is 0 Å². The largest absolute Gasteiger partial charge is 0.321 e. The van der Waals surface area contributed by atoms with Crippen LogP contribution in [0.1, 0.15) is 26.3 Å². The highest BCUT2D eigenvalue weighted by Gasteiger charge is 2.13. The molecule has 0 saturated carbocycles. The number of para-hydroxylation sites is 1. The molecule has 1 heterocycles. The number of nitrogens with one attached hydrogen (secondary N) is 2. The molecule has 6 nitrogen and oxygen atoms in total. The van der Waals surface area contributed by atoms with Crippen LogP contribution in [0.4, 0.5) is 10.1 Å². The van der Waals surface area contributed by atoms with Crippen molar-refractivity contribution in [1.82, 2.24) is 10.4 Å². The zero-order valence-electron chi connectivity index (χ0n) is 14.1. The van der Waals surface area contributed by atoms with Crippen LogP contribution in [0.2, 0.25) is 0 Å². The summed E-state index contributed by atoms with van der Waals surface area (Å²) in [6.45, 7) is 0. The summed E-state index contributed by atoms with van der Waals surface area (Å²) in [5.74, 6) is -1.22. The van der Waals surface area contributed by atoms with E-state index in [1.54, 1.807) is 42.6 Å². The minimum Gasteiger partial charge on any atom is -0.321 e. The maximum atomic E-state index is 12.9. The number of hydrogen-bond acceptors (Lipinski definition) is 4. The monoisotopic (exact) mass is 362 g/mol. The van der Waals surface area contributed by atoms with Crippen LogP contribution in [0.15, 0.2) is 78.2 Å². The van der Waals surface area contributed by atoms with Crippen molar-refractivity contribution in [1.29, 1.82) is 0 Å². The maximum Gasteiger partial charge on any atom is 0.273 e. The molecule has 0 radical (unpaired) electrons. The van der Waals surface area contributed by atoms with Crippen molar-refractivity contribution in [2.75, 3.05) is 5.32 Å². The van der Waals surface area contributed by atoms with Gasteiger partial charge in [-0.15, -0.1) is 0 Å². The van der Waals surface area contributed by atoms with E-state index in [-0.39, 0.29) is 17.3 Å². The van der Waals surface area contributed by atoms with Gasteiger partial charge in [-0.3, -0.25) is 14.6 Å². The van der Waals surface area contributed by atoms with Crippen LogP contribution in [0.25, 0.3) is 0 Å². The Morgan fingerprint density at radius 2 is 1.74 bits per heavy atom. The molecule has 3 rings (SSSR count). The van der Waals surface area contributed by atoms with E-state index >= 15 is 0 Å². The molecule has 0 fully saturated rings. The lowest BCUT2D eigenvalue weighted by Crippen LogP contribution is -2.21. The van der Waals surface area contributed by atoms with Crippen LogP contribution >= 0.6 is 0 Å². The number of anilines is 1. The molecule has 2 amide bonds. The van der Waals surface area contributed by atoms with Gasteiger partial charge in [0.05, 0.1) is 23.0 Å². The molecule has 0 saturated heterocycles. The number of carbonyl (C=O) groups excluding carboxylic acids is 2. The molecule has 0 aliphatic carbocycles. The van der Waals surface area contributed by atoms with E-state index in [1.807, 2.05) is 0 Å². The zero-order chi connectivity index (χ0) is 19.1. The van der Waals surface area contributed by atoms with Crippen molar-refractivity contribution in [3.8, 4) is 0 Å². The molecule has 27 heavy (non-hydrogen) atoms. The lowest BCUT2D eigenvalue weighted by Gasteiger charge is -2.09. The molecular weight excluding hydrogens is 347 g/mol. The summed E-state index contributed by atoms with van der Waals surface area (Å²) in [6.07, 6.45) is 4.40. The van der Waals surface area contributed by atoms with Crippen molar-refractivity contribution < 1.29 is 14.0 Å². The maximum absolute atomic E-state index is 12.9. The number of rotatable bonds is 5. The third kappa shape index (κ3) is 4.82. The standard InChI is InChI=1S/C20H15FN4O2/c21-16-9-7-14(8-10-16)12-23-25-20(27)17-5-1-2-6-18(17)24-19(26)15-4-3-11-22-13-15/h1-13H,(H,24,26)(H,25,27)/b23-12+. The normalized spacial score (nSPS) is 10.6. The third-order valence-corrected chi connectivity index (χ3v) is 3.59. The fourth-order valence-corrected chi connectivity index (χ4v) is 2.26. The first kappa shape index (κ1) is 17.9. The first-order valence-corrected chi connectivity index (χ1v) is 8.03. The number of pyridine rings is 1. The van der Waals surface area contributed by atoms with Crippen LogP contribution in [-0.4, -0.2) is 23.0 Å². The average Bonchev–Trinajstić information content (AvgIpc) is 2.70. The van der Waals surface area contributed by atoms with E-state index in [0.29, 0.717) is 16.8 Å². The molecule has 134 valence electrons. The van der Waals surface area contributed by atoms with E-state index in [2.05, 4.69) is 20.8 Å². The molecule has 0 aliphatic heterocycles. The second kappa shape index (κ2) is 8.48. The van der Waals surface area contributed by atoms with Gasteiger partial charge in [0.25, 0.3) is 11.8 Å². The first-order chi connectivity index (χ1) is 13.1. The molecule has 1 aromatic heterocycles. The summed E-state index contributed by atoms with van der Waals surface area (Å²) in [7, 11) is 0. The Balaban J connectivity index is 1.70. The Bertz CT molecular complexity index is 973. The van der Waals surface area contributed by atoms with Crippen LogP contribution < -0.4 is 10.7 Å². The Morgan fingerprint density at radius 3 is 2.48 bits per heavy atom. The Morgan fingerprint density at radius 1 is 0.963 bits per heavy atom. The summed E-state index contributed by atoms with van der Waals surface area (Å²) in [5, 5.41) is 6.55. The van der Waals surface area contributed by atoms with Crippen LogP contribution in [0, 0.1) is 5.82 Å². The van der Waals surface area contributed by atoms with Crippen molar-refractivity contribution in [2.45, 2.75) is 0 Å². The molecule has 0 aliphatic rings. The van der Waals surface area contributed by atoms with Gasteiger partial charge in [0.15, 0.2) is 0 Å². The highest BCUT2D eigenvalue weighted by atomic mass is 19.1. The molecule has 7 heteroatoms. The predicted molar refractivity (Wildman–Crippen MR) is 100 cm³/mol. The minimum absolute atomic E-state index is 0.256. The van der Waals surface area contributed by atoms with Crippen molar-refractivity contribution >= 4 is 23.7 Å². The second-order valence-electron chi connectivity index (χ2n) is 5.49. The minimum atomic E-state index is -0.490. The van der Waals surface area contributed by atoms with Gasteiger partial charge in [-0.1, -0.05) is 24.3 Å². The number of benzene rings is 2. The first-order valence-electron chi connectivity index (χ1n) is 8.03. The van der Waals surface area contributed by atoms with Gasteiger partial charge in [0.1, 0.15) is 5.82 Å². The third-order valence-electron chi connectivity index (χ3n) is 3.59. The van der Waals surface area contributed by atoms with Gasteiger partial charge >= 0.3 is 0 Å². The van der Waals surface area contributed by atoms with Gasteiger partial charge in [0.2, 0.25) is 0 Å². The van der Waals surface area contributed by atoms with Crippen molar-refractivity contribution in [3.05, 3.63) is 95.6 Å². The molecule has 0 bridgehead atoms. The highest BCUT2D eigenvalue weighted by molar-refractivity contribution is 6.08. The molecule has 3 aromatic rings. The van der Waals surface area contributed by atoms with Gasteiger partial charge in [0, 0.05) is 12.4 Å². The lowest BCUT2D eigenvalue weighted by atomic mass is 10.1. The SMILES string of the molecule is O=C(Nc1ccccc1C(=O)N/N=C/c1ccc(F)cc1)c1cccnc1. The zero-order valence-corrected chi connectivity index (χ0v) is 14.1. The predicted octanol–water partition coefficient (Wildman–Crippen LogP) is 3.24. The van der Waals surface area contributed by atoms with Crippen molar-refractivity contribution in [3.63, 3.8) is 0 Å². The fraction of sp³-hybridized carbons (Fsp3) is 0. The molecule has 0 spiro atoms. The summed E-state index contributed by atoms with van der Waals surface area (Å²) in [6, 6.07) is 15.5. The Hall–Kier alpha value is -3.87. The van der Waals surface area contributed by atoms with Crippen LogP contribution in [0.5, 0.6) is 0 Å². The van der Waals surface area contributed by atoms with Crippen LogP contribution in [-0.2, 0) is 0 Å². The highest BCUT2D eigenvalue weighted by Crippen LogP contribution is 2.16. The summed E-state index contributed by atoms with van der Waals surface area (Å²) in [4.78, 5) is 28.5. The quantitative estimate of drug-likeness (QED) is 0.540. The number of nitrogens with zero attached hydrogens (tertiary/aromatic N) is 2. The Labute approximate surface area is 154 Å². The molecule has 2 N–H and O–H groups in total. The Kier molecular flexibility index (Phi) is 5.64. The lowest BCUT2D eigenvalue weighted by molar-refractivity contribution is 0.0956. The number of hydrogen-bond donors (Lipinski definition) is 2. The summed E-state index contributed by atoms with van der Waals surface area (Å²) in [5.41, 5.74) is 4.00. The number of amides is 2. The molecule has 2 aromatic carbocycles. The molecule has 0 unspecified atom stereocenters. The van der Waals surface area contributed by atoms with Crippen LogP contribution in [0.3, 0.4) is 0 Å². The van der Waals surface area contributed by atoms with Crippen molar-refractivity contribution in [2.24, 2.45) is 5.10 Å². The van der Waals surface area contributed by atoms with E-state index in [4.69, 9.17) is 0 Å². The average molecular weight is 362 g/mol. The number of aromatic nitrogens is 1. The summed E-state index contributed by atoms with van der Waals surface area (Å²) < 4.78 is 12.9. The van der Waals surface area contributed by atoms with E-state index < -0.39 is 5.91 Å². The molecular formula is C20H15FN4O2. The topological polar surface area (TPSA) is 83.5 Å². The second-order valence-corrected chi connectivity index (χ2v) is 5.49. The van der Waals surface area contributed by atoms with Gasteiger partial charge < -0.3 is 5.32 Å². The smallest absolute Gasteiger partial charge is 0.273 e. The van der Waals surface area contributed by atoms with E-state index in [1.165, 1.54) is 36.7 Å². The van der Waals surface area contributed by atoms with Gasteiger partial charge in [-0.2, -0.15) is 5.10 Å². The summed E-state index contributed by atoms with van der Waals surface area (Å²) >= 11 is 0. The number of hydrazone groups is 1. The molecule has 0 atom stereocenters. The number of halogens is 1. The fourth-order valence-electron chi connectivity index (χ4n) is 2.26. The van der Waals surface area contributed by atoms with E-state index in [9.17, 15) is 14.0 Å². The van der Waals surface area contributed by atoms with Gasteiger partial charge in [-0.05, 0) is 42.0 Å². The number of carbonyl (C=O) groups is 2.